The summed E-state index contributed by atoms with van der Waals surface area (Å²) in [6.45, 7) is 4.24. The van der Waals surface area contributed by atoms with Crippen LogP contribution in [0.3, 0.4) is 0 Å². The lowest BCUT2D eigenvalue weighted by molar-refractivity contribution is -0.139. The van der Waals surface area contributed by atoms with Crippen LogP contribution in [-0.2, 0) is 4.79 Å². The number of carbonyl (C=O) groups is 2. The number of aryl methyl sites for hydroxylation is 1. The highest BCUT2D eigenvalue weighted by Crippen LogP contribution is 2.28. The fourth-order valence-corrected chi connectivity index (χ4v) is 3.40. The topological polar surface area (TPSA) is 66.7 Å². The maximum atomic E-state index is 12.7. The van der Waals surface area contributed by atoms with Crippen LogP contribution in [-0.4, -0.2) is 52.8 Å². The van der Waals surface area contributed by atoms with Crippen LogP contribution in [0, 0.1) is 12.8 Å². The monoisotopic (exact) mass is 327 g/mol. The minimum atomic E-state index is -0.00621. The molecule has 2 fully saturated rings. The Morgan fingerprint density at radius 2 is 1.83 bits per heavy atom. The molecule has 1 saturated carbocycles. The average molecular weight is 327 g/mol. The van der Waals surface area contributed by atoms with Crippen molar-refractivity contribution in [3.63, 3.8) is 0 Å². The van der Waals surface area contributed by atoms with Crippen LogP contribution in [0.2, 0.25) is 0 Å². The molecule has 1 saturated heterocycles. The highest BCUT2D eigenvalue weighted by Gasteiger charge is 2.32. The highest BCUT2D eigenvalue weighted by atomic mass is 16.3. The van der Waals surface area contributed by atoms with Gasteiger partial charge in [-0.1, -0.05) is 6.42 Å². The van der Waals surface area contributed by atoms with E-state index in [-0.39, 0.29) is 17.7 Å². The fraction of sp³-hybridized carbons (Fsp3) is 0.500. The Bertz CT molecular complexity index is 786. The lowest BCUT2D eigenvalue weighted by Gasteiger charge is -2.38. The van der Waals surface area contributed by atoms with Crippen LogP contribution in [0.4, 0.5) is 0 Å². The molecule has 4 rings (SSSR count). The molecule has 2 heterocycles. The van der Waals surface area contributed by atoms with Gasteiger partial charge in [-0.2, -0.15) is 0 Å². The largest absolute Gasteiger partial charge is 0.441 e. The van der Waals surface area contributed by atoms with Gasteiger partial charge in [0.2, 0.25) is 5.91 Å². The van der Waals surface area contributed by atoms with E-state index in [2.05, 4.69) is 4.98 Å². The molecule has 2 aromatic rings. The van der Waals surface area contributed by atoms with Crippen LogP contribution in [0.1, 0.15) is 35.5 Å². The number of amides is 2. The van der Waals surface area contributed by atoms with Gasteiger partial charge in [0.25, 0.3) is 5.91 Å². The lowest BCUT2D eigenvalue weighted by Crippen LogP contribution is -2.52. The van der Waals surface area contributed by atoms with Gasteiger partial charge in [-0.15, -0.1) is 0 Å². The van der Waals surface area contributed by atoms with Gasteiger partial charge in [-0.25, -0.2) is 4.98 Å². The summed E-state index contributed by atoms with van der Waals surface area (Å²) >= 11 is 0. The van der Waals surface area contributed by atoms with Crippen molar-refractivity contribution in [1.82, 2.24) is 14.8 Å². The summed E-state index contributed by atoms with van der Waals surface area (Å²) in [6, 6.07) is 5.35. The Morgan fingerprint density at radius 3 is 2.50 bits per heavy atom. The molecule has 1 aromatic carbocycles. The molecular weight excluding hydrogens is 306 g/mol. The van der Waals surface area contributed by atoms with E-state index in [1.807, 2.05) is 9.80 Å². The van der Waals surface area contributed by atoms with Gasteiger partial charge in [0.05, 0.1) is 0 Å². The predicted octanol–water partition coefficient (Wildman–Crippen LogP) is 2.22. The summed E-state index contributed by atoms with van der Waals surface area (Å²) in [7, 11) is 0. The Balaban J connectivity index is 1.42. The normalized spacial score (nSPS) is 18.7. The first kappa shape index (κ1) is 15.2. The van der Waals surface area contributed by atoms with Crippen molar-refractivity contribution in [3.8, 4) is 0 Å². The Kier molecular flexibility index (Phi) is 3.75. The number of rotatable bonds is 2. The summed E-state index contributed by atoms with van der Waals surface area (Å²) in [5, 5.41) is 0. The maximum Gasteiger partial charge on any atom is 0.254 e. The number of fused-ring (bicyclic) bond motifs is 1. The smallest absolute Gasteiger partial charge is 0.254 e. The molecule has 1 aliphatic heterocycles. The first-order valence-corrected chi connectivity index (χ1v) is 8.57. The summed E-state index contributed by atoms with van der Waals surface area (Å²) in [6.07, 6.45) is 3.21. The van der Waals surface area contributed by atoms with Gasteiger partial charge in [0.1, 0.15) is 5.52 Å². The quantitative estimate of drug-likeness (QED) is 0.848. The fourth-order valence-electron chi connectivity index (χ4n) is 3.40. The molecule has 1 aliphatic carbocycles. The van der Waals surface area contributed by atoms with Crippen LogP contribution in [0.15, 0.2) is 22.6 Å². The van der Waals surface area contributed by atoms with Gasteiger partial charge in [0.15, 0.2) is 11.5 Å². The van der Waals surface area contributed by atoms with Gasteiger partial charge < -0.3 is 14.2 Å². The van der Waals surface area contributed by atoms with Crippen LogP contribution in [0.25, 0.3) is 11.1 Å². The standard InChI is InChI=1S/C18H21N3O3/c1-12-19-15-11-14(5-6-16(15)24-12)18(23)21-9-7-20(8-10-21)17(22)13-3-2-4-13/h5-6,11,13H,2-4,7-10H2,1H3. The van der Waals surface area contributed by atoms with E-state index in [0.717, 1.165) is 12.8 Å². The zero-order valence-corrected chi connectivity index (χ0v) is 13.8. The number of hydrogen-bond acceptors (Lipinski definition) is 4. The molecule has 0 bridgehead atoms. The van der Waals surface area contributed by atoms with Gasteiger partial charge in [0, 0.05) is 44.6 Å². The van der Waals surface area contributed by atoms with Crippen molar-refractivity contribution in [2.24, 2.45) is 5.92 Å². The number of benzene rings is 1. The number of carbonyl (C=O) groups excluding carboxylic acids is 2. The van der Waals surface area contributed by atoms with E-state index < -0.39 is 0 Å². The highest BCUT2D eigenvalue weighted by molar-refractivity contribution is 5.97. The number of oxazole rings is 1. The minimum absolute atomic E-state index is 0.00621. The second-order valence-corrected chi connectivity index (χ2v) is 6.66. The molecule has 0 radical (unpaired) electrons. The molecule has 0 spiro atoms. The SMILES string of the molecule is Cc1nc2cc(C(=O)N3CCN(C(=O)C4CCC4)CC3)ccc2o1. The second-order valence-electron chi connectivity index (χ2n) is 6.66. The Labute approximate surface area is 140 Å². The lowest BCUT2D eigenvalue weighted by atomic mass is 9.84. The minimum Gasteiger partial charge on any atom is -0.441 e. The van der Waals surface area contributed by atoms with Gasteiger partial charge >= 0.3 is 0 Å². The van der Waals surface area contributed by atoms with E-state index in [0.29, 0.717) is 48.7 Å². The van der Waals surface area contributed by atoms with Gasteiger partial charge in [-0.05, 0) is 31.0 Å². The predicted molar refractivity (Wildman–Crippen MR) is 88.6 cm³/mol. The molecule has 6 heteroatoms. The van der Waals surface area contributed by atoms with Gasteiger partial charge in [-0.3, -0.25) is 9.59 Å². The van der Waals surface area contributed by atoms with E-state index in [1.54, 1.807) is 25.1 Å². The van der Waals surface area contributed by atoms with E-state index in [4.69, 9.17) is 4.42 Å². The average Bonchev–Trinajstić information content (AvgIpc) is 2.91. The summed E-state index contributed by atoms with van der Waals surface area (Å²) in [4.78, 5) is 33.0. The third-order valence-corrected chi connectivity index (χ3v) is 5.07. The third kappa shape index (κ3) is 2.66. The summed E-state index contributed by atoms with van der Waals surface area (Å²) in [5.74, 6) is 1.09. The molecule has 126 valence electrons. The Hall–Kier alpha value is -2.37. The van der Waals surface area contributed by atoms with Crippen molar-refractivity contribution in [1.29, 1.82) is 0 Å². The molecule has 1 aromatic heterocycles. The third-order valence-electron chi connectivity index (χ3n) is 5.07. The van der Waals surface area contributed by atoms with Crippen molar-refractivity contribution < 1.29 is 14.0 Å². The van der Waals surface area contributed by atoms with E-state index in [9.17, 15) is 9.59 Å². The maximum absolute atomic E-state index is 12.7. The molecule has 0 N–H and O–H groups in total. The van der Waals surface area contributed by atoms with E-state index in [1.165, 1.54) is 6.42 Å². The van der Waals surface area contributed by atoms with E-state index >= 15 is 0 Å². The van der Waals surface area contributed by atoms with Crippen molar-refractivity contribution in [3.05, 3.63) is 29.7 Å². The van der Waals surface area contributed by atoms with Crippen LogP contribution < -0.4 is 0 Å². The van der Waals surface area contributed by atoms with Crippen molar-refractivity contribution in [2.45, 2.75) is 26.2 Å². The number of nitrogens with zero attached hydrogens (tertiary/aromatic N) is 3. The number of piperazine rings is 1. The number of aromatic nitrogens is 1. The second kappa shape index (κ2) is 5.92. The molecule has 24 heavy (non-hydrogen) atoms. The first-order valence-electron chi connectivity index (χ1n) is 8.57. The zero-order chi connectivity index (χ0) is 16.7. The summed E-state index contributed by atoms with van der Waals surface area (Å²) in [5.41, 5.74) is 2.02. The summed E-state index contributed by atoms with van der Waals surface area (Å²) < 4.78 is 5.45. The molecule has 0 atom stereocenters. The van der Waals surface area contributed by atoms with Crippen molar-refractivity contribution >= 4 is 22.9 Å². The molecule has 0 unspecified atom stereocenters. The Morgan fingerprint density at radius 1 is 1.12 bits per heavy atom. The molecule has 2 amide bonds. The molecular formula is C18H21N3O3. The molecule has 6 nitrogen and oxygen atoms in total. The number of hydrogen-bond donors (Lipinski definition) is 0. The van der Waals surface area contributed by atoms with Crippen LogP contribution >= 0.6 is 0 Å². The van der Waals surface area contributed by atoms with Crippen LogP contribution in [0.5, 0.6) is 0 Å². The first-order chi connectivity index (χ1) is 11.6. The van der Waals surface area contributed by atoms with Crippen molar-refractivity contribution in [2.75, 3.05) is 26.2 Å². The molecule has 2 aliphatic rings. The zero-order valence-electron chi connectivity index (χ0n) is 13.8.